The smallest absolute Gasteiger partial charge is 0.306 e. The molecule has 0 saturated carbocycles. The molecule has 1 heterocycles. The van der Waals surface area contributed by atoms with Crippen molar-refractivity contribution in [1.29, 1.82) is 0 Å². The van der Waals surface area contributed by atoms with Gasteiger partial charge in [0, 0.05) is 12.5 Å². The lowest BCUT2D eigenvalue weighted by Gasteiger charge is -2.11. The molecule has 0 aliphatic heterocycles. The van der Waals surface area contributed by atoms with Crippen LogP contribution in [0.4, 0.5) is 0 Å². The predicted molar refractivity (Wildman–Crippen MR) is 86.9 cm³/mol. The van der Waals surface area contributed by atoms with Crippen LogP contribution >= 0.6 is 23.2 Å². The van der Waals surface area contributed by atoms with Crippen LogP contribution in [0.5, 0.6) is 5.75 Å². The number of rotatable bonds is 7. The third kappa shape index (κ3) is 5.15. The van der Waals surface area contributed by atoms with Crippen LogP contribution < -0.4 is 4.74 Å². The van der Waals surface area contributed by atoms with Crippen molar-refractivity contribution in [3.05, 3.63) is 45.8 Å². The minimum absolute atomic E-state index is 0.235. The molecule has 2 aromatic rings. The summed E-state index contributed by atoms with van der Waals surface area (Å²) in [5, 5.41) is 4.62. The summed E-state index contributed by atoms with van der Waals surface area (Å²) in [4.78, 5) is 11.8. The number of aromatic nitrogens is 1. The van der Waals surface area contributed by atoms with Gasteiger partial charge in [0.15, 0.2) is 0 Å². The Hall–Kier alpha value is -1.72. The summed E-state index contributed by atoms with van der Waals surface area (Å²) in [6.45, 7) is 3.87. The Morgan fingerprint density at radius 2 is 2.17 bits per heavy atom. The first kappa shape index (κ1) is 17.6. The molecule has 0 fully saturated rings. The minimum Gasteiger partial charge on any atom is -0.492 e. The molecule has 1 atom stereocenters. The zero-order valence-corrected chi connectivity index (χ0v) is 14.4. The van der Waals surface area contributed by atoms with Crippen molar-refractivity contribution in [2.45, 2.75) is 32.8 Å². The predicted octanol–water partition coefficient (Wildman–Crippen LogP) is 4.75. The van der Waals surface area contributed by atoms with Gasteiger partial charge in [-0.15, -0.1) is 0 Å². The Labute approximate surface area is 144 Å². The molecule has 0 aliphatic rings. The average molecular weight is 358 g/mol. The van der Waals surface area contributed by atoms with Crippen LogP contribution in [0.25, 0.3) is 0 Å². The van der Waals surface area contributed by atoms with Crippen LogP contribution in [0.2, 0.25) is 10.0 Å². The molecule has 0 spiro atoms. The quantitative estimate of drug-likeness (QED) is 0.528. The first-order chi connectivity index (χ1) is 11.0. The second kappa shape index (κ2) is 8.22. The van der Waals surface area contributed by atoms with Gasteiger partial charge >= 0.3 is 5.97 Å². The van der Waals surface area contributed by atoms with E-state index in [1.807, 2.05) is 0 Å². The summed E-state index contributed by atoms with van der Waals surface area (Å²) in [5.41, 5.74) is 0.595. The van der Waals surface area contributed by atoms with Gasteiger partial charge in [-0.05, 0) is 32.4 Å². The number of halogens is 2. The number of aryl methyl sites for hydroxylation is 1. The normalized spacial score (nSPS) is 12.0. The highest BCUT2D eigenvalue weighted by Crippen LogP contribution is 2.31. The highest BCUT2D eigenvalue weighted by atomic mass is 35.5. The van der Waals surface area contributed by atoms with Gasteiger partial charge in [-0.1, -0.05) is 34.4 Å². The van der Waals surface area contributed by atoms with Gasteiger partial charge in [-0.25, -0.2) is 0 Å². The van der Waals surface area contributed by atoms with Crippen molar-refractivity contribution in [2.75, 3.05) is 6.61 Å². The fourth-order valence-corrected chi connectivity index (χ4v) is 2.23. The molecule has 0 amide bonds. The number of ether oxygens (including phenoxy) is 2. The van der Waals surface area contributed by atoms with Crippen molar-refractivity contribution >= 4 is 29.2 Å². The third-order valence-corrected chi connectivity index (χ3v) is 3.87. The lowest BCUT2D eigenvalue weighted by molar-refractivity contribution is -0.149. The highest BCUT2D eigenvalue weighted by Gasteiger charge is 2.15. The van der Waals surface area contributed by atoms with E-state index in [0.717, 1.165) is 0 Å². The van der Waals surface area contributed by atoms with E-state index in [2.05, 4.69) is 5.16 Å². The first-order valence-electron chi connectivity index (χ1n) is 7.17. The van der Waals surface area contributed by atoms with Crippen molar-refractivity contribution in [3.8, 4) is 5.75 Å². The maximum atomic E-state index is 11.8. The molecular formula is C16H17Cl2NO4. The topological polar surface area (TPSA) is 61.6 Å². The number of esters is 1. The Morgan fingerprint density at radius 1 is 1.39 bits per heavy atom. The summed E-state index contributed by atoms with van der Waals surface area (Å²) in [7, 11) is 0. The van der Waals surface area contributed by atoms with Crippen molar-refractivity contribution in [2.24, 2.45) is 0 Å². The van der Waals surface area contributed by atoms with E-state index in [4.69, 9.17) is 37.2 Å². The van der Waals surface area contributed by atoms with E-state index in [9.17, 15) is 4.79 Å². The van der Waals surface area contributed by atoms with Crippen LogP contribution in [-0.4, -0.2) is 17.7 Å². The number of carbonyl (C=O) groups excluding carboxylic acids is 1. The number of hydrogen-bond acceptors (Lipinski definition) is 5. The lowest BCUT2D eigenvalue weighted by Crippen LogP contribution is -2.10. The van der Waals surface area contributed by atoms with Gasteiger partial charge < -0.3 is 14.0 Å². The number of carbonyl (C=O) groups is 1. The molecule has 0 aliphatic carbocycles. The molecule has 7 heteroatoms. The molecule has 0 radical (unpaired) electrons. The second-order valence-electron chi connectivity index (χ2n) is 5.00. The molecule has 124 valence electrons. The largest absolute Gasteiger partial charge is 0.492 e. The van der Waals surface area contributed by atoms with E-state index in [1.165, 1.54) is 0 Å². The minimum atomic E-state index is -0.441. The molecule has 0 unspecified atom stereocenters. The van der Waals surface area contributed by atoms with Gasteiger partial charge in [0.2, 0.25) is 0 Å². The van der Waals surface area contributed by atoms with Crippen molar-refractivity contribution in [1.82, 2.24) is 5.16 Å². The Balaban J connectivity index is 1.71. The zero-order chi connectivity index (χ0) is 16.8. The molecule has 1 aromatic carbocycles. The number of nitrogens with zero attached hydrogens (tertiary/aromatic N) is 1. The number of hydrogen-bond donors (Lipinski definition) is 0. The summed E-state index contributed by atoms with van der Waals surface area (Å²) < 4.78 is 15.7. The first-order valence-corrected chi connectivity index (χ1v) is 7.92. The van der Waals surface area contributed by atoms with Gasteiger partial charge in [-0.2, -0.15) is 0 Å². The molecule has 0 N–H and O–H groups in total. The second-order valence-corrected chi connectivity index (χ2v) is 5.78. The summed E-state index contributed by atoms with van der Waals surface area (Å²) in [6, 6.07) is 6.89. The fraction of sp³-hybridized carbons (Fsp3) is 0.375. The van der Waals surface area contributed by atoms with Crippen molar-refractivity contribution in [3.63, 3.8) is 0 Å². The van der Waals surface area contributed by atoms with Crippen LogP contribution in [0.3, 0.4) is 0 Å². The summed E-state index contributed by atoms with van der Waals surface area (Å²) in [6.07, 6.45) is 0.300. The number of benzene rings is 1. The van der Waals surface area contributed by atoms with Gasteiger partial charge in [0.25, 0.3) is 0 Å². The Morgan fingerprint density at radius 3 is 2.87 bits per heavy atom. The maximum absolute atomic E-state index is 11.8. The fourth-order valence-electron chi connectivity index (χ4n) is 1.89. The van der Waals surface area contributed by atoms with Crippen LogP contribution in [0.15, 0.2) is 28.8 Å². The third-order valence-electron chi connectivity index (χ3n) is 3.07. The molecule has 5 nitrogen and oxygen atoms in total. The monoisotopic (exact) mass is 357 g/mol. The average Bonchev–Trinajstić information content (AvgIpc) is 2.94. The molecule has 0 bridgehead atoms. The van der Waals surface area contributed by atoms with Gasteiger partial charge in [-0.3, -0.25) is 4.79 Å². The molecule has 0 saturated heterocycles. The van der Waals surface area contributed by atoms with E-state index >= 15 is 0 Å². The summed E-state index contributed by atoms with van der Waals surface area (Å²) >= 11 is 11.9. The van der Waals surface area contributed by atoms with E-state index in [0.29, 0.717) is 40.3 Å². The van der Waals surface area contributed by atoms with E-state index < -0.39 is 6.10 Å². The van der Waals surface area contributed by atoms with Crippen LogP contribution in [-0.2, 0) is 9.53 Å². The summed E-state index contributed by atoms with van der Waals surface area (Å²) in [5.74, 6) is 0.854. The Bertz CT molecular complexity index is 672. The Kier molecular flexibility index (Phi) is 6.30. The van der Waals surface area contributed by atoms with Crippen LogP contribution in [0, 0.1) is 6.92 Å². The van der Waals surface area contributed by atoms with E-state index in [1.54, 1.807) is 38.1 Å². The standard InChI is InChI=1S/C16H17Cl2NO4/c1-10-9-13(19-23-10)11(2)22-15(20)7-4-8-21-14-6-3-5-12(17)16(14)18/h3,5-6,9,11H,4,7-8H2,1-2H3/t11-/m1/s1. The van der Waals surface area contributed by atoms with E-state index in [-0.39, 0.29) is 12.4 Å². The molecular weight excluding hydrogens is 341 g/mol. The van der Waals surface area contributed by atoms with Gasteiger partial charge in [0.1, 0.15) is 28.3 Å². The lowest BCUT2D eigenvalue weighted by atomic mass is 10.2. The van der Waals surface area contributed by atoms with Gasteiger partial charge in [0.05, 0.1) is 11.6 Å². The molecule has 1 aromatic heterocycles. The molecule has 2 rings (SSSR count). The molecule has 23 heavy (non-hydrogen) atoms. The highest BCUT2D eigenvalue weighted by molar-refractivity contribution is 6.42. The maximum Gasteiger partial charge on any atom is 0.306 e. The van der Waals surface area contributed by atoms with Crippen molar-refractivity contribution < 1.29 is 18.8 Å². The SMILES string of the molecule is Cc1cc([C@@H](C)OC(=O)CCCOc2cccc(Cl)c2Cl)no1. The van der Waals surface area contributed by atoms with Crippen LogP contribution in [0.1, 0.15) is 37.3 Å². The zero-order valence-electron chi connectivity index (χ0n) is 12.8.